The van der Waals surface area contributed by atoms with E-state index in [-0.39, 0.29) is 0 Å². The van der Waals surface area contributed by atoms with Gasteiger partial charge in [-0.15, -0.1) is 0 Å². The molecule has 0 amide bonds. The van der Waals surface area contributed by atoms with Gasteiger partial charge in [0.1, 0.15) is 5.69 Å². The summed E-state index contributed by atoms with van der Waals surface area (Å²) in [6.45, 7) is 0. The first-order valence-electron chi connectivity index (χ1n) is 3.86. The van der Waals surface area contributed by atoms with E-state index in [4.69, 9.17) is 4.42 Å². The van der Waals surface area contributed by atoms with Gasteiger partial charge in [0, 0.05) is 5.56 Å². The fraction of sp³-hybridized carbons (Fsp3) is 0. The quantitative estimate of drug-likeness (QED) is 0.653. The van der Waals surface area contributed by atoms with Gasteiger partial charge in [0.05, 0.1) is 0 Å². The largest absolute Gasteiger partial charge is 0.443 e. The second-order valence-electron chi connectivity index (χ2n) is 2.55. The van der Waals surface area contributed by atoms with E-state index < -0.39 is 0 Å². The van der Waals surface area contributed by atoms with Crippen LogP contribution in [-0.2, 0) is 0 Å². The topological polar surface area (TPSA) is 43.1 Å². The van der Waals surface area contributed by atoms with Crippen LogP contribution in [0.2, 0.25) is 0 Å². The Morgan fingerprint density at radius 1 is 1.23 bits per heavy atom. The van der Waals surface area contributed by atoms with E-state index in [1.807, 2.05) is 30.3 Å². The first-order valence-corrected chi connectivity index (χ1v) is 3.86. The van der Waals surface area contributed by atoms with Crippen molar-refractivity contribution in [3.63, 3.8) is 0 Å². The van der Waals surface area contributed by atoms with Crippen molar-refractivity contribution >= 4 is 6.29 Å². The van der Waals surface area contributed by atoms with E-state index in [1.54, 1.807) is 0 Å². The van der Waals surface area contributed by atoms with Crippen LogP contribution in [0.25, 0.3) is 11.3 Å². The van der Waals surface area contributed by atoms with Crippen molar-refractivity contribution in [3.05, 3.63) is 42.4 Å². The van der Waals surface area contributed by atoms with Gasteiger partial charge in [-0.3, -0.25) is 4.79 Å². The van der Waals surface area contributed by atoms with Gasteiger partial charge in [-0.05, 0) is 0 Å². The lowest BCUT2D eigenvalue weighted by Gasteiger charge is -1.94. The molecule has 0 atom stereocenters. The number of aromatic nitrogens is 1. The number of oxazole rings is 1. The number of hydrogen-bond donors (Lipinski definition) is 0. The molecule has 1 aromatic heterocycles. The first kappa shape index (κ1) is 7.73. The number of aldehydes is 1. The van der Waals surface area contributed by atoms with Crippen molar-refractivity contribution in [2.75, 3.05) is 0 Å². The highest BCUT2D eigenvalue weighted by Gasteiger charge is 2.08. The van der Waals surface area contributed by atoms with Gasteiger partial charge < -0.3 is 4.42 Å². The molecule has 0 fully saturated rings. The van der Waals surface area contributed by atoms with Crippen molar-refractivity contribution < 1.29 is 9.21 Å². The molecule has 0 N–H and O–H groups in total. The van der Waals surface area contributed by atoms with Crippen LogP contribution in [0.15, 0.2) is 41.1 Å². The summed E-state index contributed by atoms with van der Waals surface area (Å²) in [5.74, 6) is 0.524. The monoisotopic (exact) mass is 173 g/mol. The SMILES string of the molecule is O=Cc1ncoc1-c1ccccc1. The second-order valence-corrected chi connectivity index (χ2v) is 2.55. The molecule has 3 nitrogen and oxygen atoms in total. The van der Waals surface area contributed by atoms with E-state index in [2.05, 4.69) is 4.98 Å². The van der Waals surface area contributed by atoms with E-state index >= 15 is 0 Å². The van der Waals surface area contributed by atoms with Crippen molar-refractivity contribution in [1.82, 2.24) is 4.98 Å². The summed E-state index contributed by atoms with van der Waals surface area (Å²) in [7, 11) is 0. The van der Waals surface area contributed by atoms with Crippen LogP contribution < -0.4 is 0 Å². The molecule has 0 aliphatic heterocycles. The highest BCUT2D eigenvalue weighted by Crippen LogP contribution is 2.20. The minimum atomic E-state index is 0.339. The highest BCUT2D eigenvalue weighted by molar-refractivity contribution is 5.82. The van der Waals surface area contributed by atoms with Crippen molar-refractivity contribution in [3.8, 4) is 11.3 Å². The van der Waals surface area contributed by atoms with E-state index in [9.17, 15) is 4.79 Å². The highest BCUT2D eigenvalue weighted by atomic mass is 16.3. The van der Waals surface area contributed by atoms with E-state index in [1.165, 1.54) is 6.39 Å². The third kappa shape index (κ3) is 1.36. The zero-order valence-corrected chi connectivity index (χ0v) is 6.81. The number of carbonyl (C=O) groups is 1. The predicted octanol–water partition coefficient (Wildman–Crippen LogP) is 2.15. The fourth-order valence-electron chi connectivity index (χ4n) is 1.14. The van der Waals surface area contributed by atoms with E-state index in [0.717, 1.165) is 5.56 Å². The molecular weight excluding hydrogens is 166 g/mol. The van der Waals surface area contributed by atoms with Gasteiger partial charge in [0.25, 0.3) is 0 Å². The fourth-order valence-corrected chi connectivity index (χ4v) is 1.14. The van der Waals surface area contributed by atoms with Gasteiger partial charge in [-0.25, -0.2) is 4.98 Å². The molecule has 0 saturated heterocycles. The Morgan fingerprint density at radius 3 is 2.69 bits per heavy atom. The van der Waals surface area contributed by atoms with Crippen LogP contribution in [0.1, 0.15) is 10.5 Å². The summed E-state index contributed by atoms with van der Waals surface area (Å²) >= 11 is 0. The molecule has 2 aromatic rings. The molecule has 13 heavy (non-hydrogen) atoms. The third-order valence-corrected chi connectivity index (χ3v) is 1.74. The molecule has 2 rings (SSSR count). The van der Waals surface area contributed by atoms with E-state index in [0.29, 0.717) is 17.7 Å². The van der Waals surface area contributed by atoms with Crippen LogP contribution in [0.3, 0.4) is 0 Å². The predicted molar refractivity (Wildman–Crippen MR) is 47.3 cm³/mol. The smallest absolute Gasteiger partial charge is 0.182 e. The third-order valence-electron chi connectivity index (χ3n) is 1.74. The lowest BCUT2D eigenvalue weighted by atomic mass is 10.1. The lowest BCUT2D eigenvalue weighted by molar-refractivity contribution is 0.112. The number of rotatable bonds is 2. The molecule has 0 bridgehead atoms. The Balaban J connectivity index is 2.52. The van der Waals surface area contributed by atoms with Gasteiger partial charge in [-0.2, -0.15) is 0 Å². The summed E-state index contributed by atoms with van der Waals surface area (Å²) in [5.41, 5.74) is 1.20. The van der Waals surface area contributed by atoms with Crippen LogP contribution >= 0.6 is 0 Å². The summed E-state index contributed by atoms with van der Waals surface area (Å²) in [6, 6.07) is 9.40. The molecule has 1 aromatic carbocycles. The van der Waals surface area contributed by atoms with Crippen LogP contribution in [0, 0.1) is 0 Å². The van der Waals surface area contributed by atoms with Crippen LogP contribution in [-0.4, -0.2) is 11.3 Å². The first-order chi connectivity index (χ1) is 6.42. The average Bonchev–Trinajstić information content (AvgIpc) is 2.67. The average molecular weight is 173 g/mol. The lowest BCUT2D eigenvalue weighted by Crippen LogP contribution is -1.82. The molecule has 0 aliphatic rings. The zero-order valence-electron chi connectivity index (χ0n) is 6.81. The van der Waals surface area contributed by atoms with Crippen molar-refractivity contribution in [2.45, 2.75) is 0 Å². The summed E-state index contributed by atoms with van der Waals surface area (Å²) in [6.07, 6.45) is 1.96. The Labute approximate surface area is 75.0 Å². The normalized spacial score (nSPS) is 9.85. The molecule has 1 heterocycles. The Morgan fingerprint density at radius 2 is 2.00 bits per heavy atom. The summed E-state index contributed by atoms with van der Waals surface area (Å²) < 4.78 is 5.10. The molecule has 0 aliphatic carbocycles. The van der Waals surface area contributed by atoms with Crippen molar-refractivity contribution in [1.29, 1.82) is 0 Å². The molecule has 64 valence electrons. The molecule has 0 saturated carbocycles. The standard InChI is InChI=1S/C10H7NO2/c12-6-9-10(13-7-11-9)8-4-2-1-3-5-8/h1-7H. The van der Waals surface area contributed by atoms with Crippen LogP contribution in [0.5, 0.6) is 0 Å². The minimum Gasteiger partial charge on any atom is -0.443 e. The maximum absolute atomic E-state index is 10.5. The van der Waals surface area contributed by atoms with Gasteiger partial charge in [-0.1, -0.05) is 30.3 Å². The summed E-state index contributed by atoms with van der Waals surface area (Å²) in [4.78, 5) is 14.3. The Kier molecular flexibility index (Phi) is 1.92. The number of benzene rings is 1. The molecule has 0 radical (unpaired) electrons. The maximum atomic E-state index is 10.5. The zero-order chi connectivity index (χ0) is 9.10. The molecule has 0 unspecified atom stereocenters. The maximum Gasteiger partial charge on any atom is 0.182 e. The second kappa shape index (κ2) is 3.23. The molecular formula is C10H7NO2. The number of hydrogen-bond acceptors (Lipinski definition) is 3. The Bertz CT molecular complexity index is 406. The van der Waals surface area contributed by atoms with Gasteiger partial charge >= 0.3 is 0 Å². The van der Waals surface area contributed by atoms with Gasteiger partial charge in [0.15, 0.2) is 18.4 Å². The van der Waals surface area contributed by atoms with Crippen LogP contribution in [0.4, 0.5) is 0 Å². The van der Waals surface area contributed by atoms with Gasteiger partial charge in [0.2, 0.25) is 0 Å². The summed E-state index contributed by atoms with van der Waals surface area (Å²) in [5, 5.41) is 0. The molecule has 0 spiro atoms. The Hall–Kier alpha value is -1.90. The van der Waals surface area contributed by atoms with Crippen molar-refractivity contribution in [2.24, 2.45) is 0 Å². The number of carbonyl (C=O) groups excluding carboxylic acids is 1. The molecule has 3 heteroatoms. The number of nitrogens with zero attached hydrogens (tertiary/aromatic N) is 1. The minimum absolute atomic E-state index is 0.339.